The summed E-state index contributed by atoms with van der Waals surface area (Å²) in [5.74, 6) is 0. The molecule has 1 aliphatic heterocycles. The Bertz CT molecular complexity index is 986. The molecular weight excluding hydrogens is 423 g/mol. The number of benzene rings is 3. The second-order valence-corrected chi connectivity index (χ2v) is 10.8. The third-order valence-electron chi connectivity index (χ3n) is 6.99. The Hall–Kier alpha value is -2.48. The molecule has 1 fully saturated rings. The summed E-state index contributed by atoms with van der Waals surface area (Å²) in [4.78, 5) is 0. The van der Waals surface area contributed by atoms with Crippen LogP contribution in [0.15, 0.2) is 90.0 Å². The molecule has 1 saturated heterocycles. The van der Waals surface area contributed by atoms with Gasteiger partial charge >= 0.3 is 0 Å². The SMILES string of the molecule is CCC(CC)(OC)[C@@H]1CCCN1/N=C/c1ccccc1P(c1ccccc1)c1ccccc1. The van der Waals surface area contributed by atoms with Gasteiger partial charge in [0.1, 0.15) is 0 Å². The predicted octanol–water partition coefficient (Wildman–Crippen LogP) is 5.45. The van der Waals surface area contributed by atoms with Crippen molar-refractivity contribution in [3.8, 4) is 0 Å². The maximum atomic E-state index is 6.07. The van der Waals surface area contributed by atoms with E-state index in [0.717, 1.165) is 32.2 Å². The second kappa shape index (κ2) is 11.1. The predicted molar refractivity (Wildman–Crippen MR) is 143 cm³/mol. The summed E-state index contributed by atoms with van der Waals surface area (Å²) in [6.07, 6.45) is 6.38. The minimum absolute atomic E-state index is 0.131. The Morgan fingerprint density at radius 2 is 1.48 bits per heavy atom. The topological polar surface area (TPSA) is 24.8 Å². The minimum atomic E-state index is -0.668. The van der Waals surface area contributed by atoms with Crippen LogP contribution in [0.3, 0.4) is 0 Å². The van der Waals surface area contributed by atoms with E-state index in [4.69, 9.17) is 9.84 Å². The quantitative estimate of drug-likeness (QED) is 0.315. The van der Waals surface area contributed by atoms with Crippen LogP contribution in [0, 0.1) is 0 Å². The summed E-state index contributed by atoms with van der Waals surface area (Å²) in [5, 5.41) is 11.4. The molecule has 33 heavy (non-hydrogen) atoms. The lowest BCUT2D eigenvalue weighted by molar-refractivity contribution is -0.0730. The highest BCUT2D eigenvalue weighted by Gasteiger charge is 2.41. The number of ether oxygens (including phenoxy) is 1. The van der Waals surface area contributed by atoms with Crippen LogP contribution in [0.5, 0.6) is 0 Å². The number of hydrazone groups is 1. The molecule has 3 nitrogen and oxygen atoms in total. The molecule has 1 aliphatic rings. The van der Waals surface area contributed by atoms with Gasteiger partial charge in [0.05, 0.1) is 17.9 Å². The van der Waals surface area contributed by atoms with Crippen molar-refractivity contribution in [2.45, 2.75) is 51.2 Å². The van der Waals surface area contributed by atoms with Gasteiger partial charge in [-0.15, -0.1) is 0 Å². The summed E-state index contributed by atoms with van der Waals surface area (Å²) in [6, 6.07) is 30.8. The van der Waals surface area contributed by atoms with Gasteiger partial charge in [-0.1, -0.05) is 98.8 Å². The highest BCUT2D eigenvalue weighted by atomic mass is 31.1. The molecule has 0 amide bonds. The largest absolute Gasteiger partial charge is 0.376 e. The molecule has 1 atom stereocenters. The lowest BCUT2D eigenvalue weighted by Gasteiger charge is -2.40. The molecule has 0 unspecified atom stereocenters. The number of rotatable bonds is 9. The molecule has 1 heterocycles. The number of hydrogen-bond acceptors (Lipinski definition) is 3. The molecule has 0 aromatic heterocycles. The first kappa shape index (κ1) is 23.7. The summed E-state index contributed by atoms with van der Waals surface area (Å²) < 4.78 is 6.07. The zero-order chi connectivity index (χ0) is 23.1. The van der Waals surface area contributed by atoms with Crippen molar-refractivity contribution >= 4 is 30.0 Å². The summed E-state index contributed by atoms with van der Waals surface area (Å²) >= 11 is 0. The van der Waals surface area contributed by atoms with Crippen molar-refractivity contribution in [1.82, 2.24) is 5.01 Å². The minimum Gasteiger partial charge on any atom is -0.376 e. The van der Waals surface area contributed by atoms with E-state index in [1.165, 1.54) is 21.5 Å². The highest BCUT2D eigenvalue weighted by Crippen LogP contribution is 2.36. The molecule has 0 aliphatic carbocycles. The van der Waals surface area contributed by atoms with E-state index in [0.29, 0.717) is 6.04 Å². The lowest BCUT2D eigenvalue weighted by atomic mass is 9.87. The van der Waals surface area contributed by atoms with Crippen LogP contribution in [-0.2, 0) is 4.74 Å². The molecule has 0 spiro atoms. The average molecular weight is 459 g/mol. The van der Waals surface area contributed by atoms with Crippen molar-refractivity contribution in [3.63, 3.8) is 0 Å². The third-order valence-corrected chi connectivity index (χ3v) is 9.51. The van der Waals surface area contributed by atoms with Gasteiger partial charge in [-0.25, -0.2) is 0 Å². The normalized spacial score (nSPS) is 16.7. The van der Waals surface area contributed by atoms with Crippen LogP contribution in [0.4, 0.5) is 0 Å². The molecule has 3 aromatic carbocycles. The molecule has 0 radical (unpaired) electrons. The van der Waals surface area contributed by atoms with Crippen LogP contribution >= 0.6 is 7.92 Å². The van der Waals surface area contributed by atoms with E-state index in [1.807, 2.05) is 7.11 Å². The Labute approximate surface area is 200 Å². The smallest absolute Gasteiger partial charge is 0.0892 e. The first-order valence-electron chi connectivity index (χ1n) is 12.1. The highest BCUT2D eigenvalue weighted by molar-refractivity contribution is 7.80. The van der Waals surface area contributed by atoms with Gasteiger partial charge in [-0.3, -0.25) is 5.01 Å². The lowest BCUT2D eigenvalue weighted by Crippen LogP contribution is -2.48. The molecule has 172 valence electrons. The Kier molecular flexibility index (Phi) is 7.96. The van der Waals surface area contributed by atoms with Gasteiger partial charge in [-0.05, 0) is 49.5 Å². The molecule has 0 bridgehead atoms. The van der Waals surface area contributed by atoms with Crippen LogP contribution in [0.2, 0.25) is 0 Å². The fraction of sp³-hybridized carbons (Fsp3) is 0.345. The van der Waals surface area contributed by atoms with E-state index in [2.05, 4.69) is 110 Å². The molecule has 4 rings (SSSR count). The summed E-state index contributed by atoms with van der Waals surface area (Å²) in [5.41, 5.74) is 1.06. The maximum absolute atomic E-state index is 6.07. The zero-order valence-corrected chi connectivity index (χ0v) is 20.9. The van der Waals surface area contributed by atoms with E-state index in [1.54, 1.807) is 0 Å². The van der Waals surface area contributed by atoms with Gasteiger partial charge in [0.15, 0.2) is 0 Å². The van der Waals surface area contributed by atoms with Gasteiger partial charge in [-0.2, -0.15) is 5.10 Å². The van der Waals surface area contributed by atoms with Crippen molar-refractivity contribution in [2.24, 2.45) is 5.10 Å². The summed E-state index contributed by atoms with van der Waals surface area (Å²) in [7, 11) is 1.19. The molecule has 3 aromatic rings. The van der Waals surface area contributed by atoms with Crippen LogP contribution in [-0.4, -0.2) is 36.5 Å². The van der Waals surface area contributed by atoms with Gasteiger partial charge in [0.25, 0.3) is 0 Å². The Morgan fingerprint density at radius 3 is 2.06 bits per heavy atom. The summed E-state index contributed by atoms with van der Waals surface area (Å²) in [6.45, 7) is 5.45. The van der Waals surface area contributed by atoms with Gasteiger partial charge in [0, 0.05) is 19.2 Å². The van der Waals surface area contributed by atoms with Gasteiger partial charge < -0.3 is 4.74 Å². The number of hydrogen-bond donors (Lipinski definition) is 0. The molecule has 0 saturated carbocycles. The van der Waals surface area contributed by atoms with E-state index >= 15 is 0 Å². The van der Waals surface area contributed by atoms with Crippen molar-refractivity contribution in [2.75, 3.05) is 13.7 Å². The van der Waals surface area contributed by atoms with E-state index in [9.17, 15) is 0 Å². The van der Waals surface area contributed by atoms with Crippen molar-refractivity contribution in [3.05, 3.63) is 90.5 Å². The first-order valence-corrected chi connectivity index (χ1v) is 13.4. The van der Waals surface area contributed by atoms with Crippen molar-refractivity contribution in [1.29, 1.82) is 0 Å². The molecular formula is C29H35N2OP. The van der Waals surface area contributed by atoms with Gasteiger partial charge in [0.2, 0.25) is 0 Å². The first-order chi connectivity index (χ1) is 16.2. The van der Waals surface area contributed by atoms with Crippen LogP contribution in [0.25, 0.3) is 0 Å². The zero-order valence-electron chi connectivity index (χ0n) is 20.0. The molecule has 0 N–H and O–H groups in total. The van der Waals surface area contributed by atoms with Crippen LogP contribution in [0.1, 0.15) is 45.1 Å². The Morgan fingerprint density at radius 1 is 0.909 bits per heavy atom. The van der Waals surface area contributed by atoms with E-state index < -0.39 is 7.92 Å². The Balaban J connectivity index is 1.70. The number of nitrogens with zero attached hydrogens (tertiary/aromatic N) is 2. The number of methoxy groups -OCH3 is 1. The third kappa shape index (κ3) is 5.05. The average Bonchev–Trinajstić information content (AvgIpc) is 3.36. The monoisotopic (exact) mass is 458 g/mol. The second-order valence-electron chi connectivity index (χ2n) is 8.61. The fourth-order valence-electron chi connectivity index (χ4n) is 5.09. The van der Waals surface area contributed by atoms with Crippen LogP contribution < -0.4 is 15.9 Å². The van der Waals surface area contributed by atoms with Crippen molar-refractivity contribution < 1.29 is 4.74 Å². The maximum Gasteiger partial charge on any atom is 0.0892 e. The standard InChI is InChI=1S/C29H35N2OP/c1-4-29(5-2,32-3)28-21-14-22-31(28)30-23-24-15-12-13-20-27(24)33(25-16-8-6-9-17-25)26-18-10-7-11-19-26/h6-13,15-20,23,28H,4-5,14,21-22H2,1-3H3/b30-23+/t28-/m0/s1. The fourth-order valence-corrected chi connectivity index (χ4v) is 7.51. The van der Waals surface area contributed by atoms with E-state index in [-0.39, 0.29) is 5.60 Å². The molecule has 4 heteroatoms.